The lowest BCUT2D eigenvalue weighted by Crippen LogP contribution is -2.32. The molecule has 1 aromatic rings. The van der Waals surface area contributed by atoms with Crippen molar-refractivity contribution in [3.05, 3.63) is 34.9 Å². The summed E-state index contributed by atoms with van der Waals surface area (Å²) >= 11 is 5.83. The normalized spacial score (nSPS) is 35.9. The lowest BCUT2D eigenvalue weighted by Gasteiger charge is -2.34. The maximum atomic E-state index is 5.83. The smallest absolute Gasteiger partial charge is 0.0984 e. The van der Waals surface area contributed by atoms with Crippen LogP contribution in [-0.4, -0.2) is 12.2 Å². The lowest BCUT2D eigenvalue weighted by atomic mass is 9.70. The first-order valence-electron chi connectivity index (χ1n) is 4.70. The highest BCUT2D eigenvalue weighted by molar-refractivity contribution is 6.30. The van der Waals surface area contributed by atoms with Crippen molar-refractivity contribution in [2.45, 2.75) is 24.4 Å². The first-order valence-corrected chi connectivity index (χ1v) is 5.07. The quantitative estimate of drug-likeness (QED) is 0.627. The molecular weight excluding hydrogens is 184 g/mol. The third-order valence-electron chi connectivity index (χ3n) is 3.28. The molecule has 13 heavy (non-hydrogen) atoms. The van der Waals surface area contributed by atoms with Gasteiger partial charge in [0.1, 0.15) is 0 Å². The van der Waals surface area contributed by atoms with E-state index in [-0.39, 0.29) is 5.60 Å². The second kappa shape index (κ2) is 2.49. The van der Waals surface area contributed by atoms with Crippen molar-refractivity contribution >= 4 is 11.6 Å². The molecule has 1 saturated carbocycles. The van der Waals surface area contributed by atoms with Crippen molar-refractivity contribution in [1.82, 2.24) is 0 Å². The van der Waals surface area contributed by atoms with Crippen LogP contribution in [0.3, 0.4) is 0 Å². The maximum absolute atomic E-state index is 5.83. The highest BCUT2D eigenvalue weighted by Gasteiger charge is 2.58. The molecule has 2 aliphatic rings. The molecule has 0 radical (unpaired) electrons. The highest BCUT2D eigenvalue weighted by atomic mass is 35.5. The van der Waals surface area contributed by atoms with Crippen molar-refractivity contribution in [2.24, 2.45) is 0 Å². The largest absolute Gasteiger partial charge is 0.369 e. The molecule has 2 heteroatoms. The third kappa shape index (κ3) is 1.11. The number of epoxide rings is 1. The number of rotatable bonds is 1. The zero-order valence-electron chi connectivity index (χ0n) is 7.29. The standard InChI is InChI=1S/C11H11ClO/c12-9-3-1-8(2-4-9)10-5-6-11(10)7-13-11/h1-4,10H,5-7H2. The molecule has 1 nitrogen and oxygen atoms in total. The fraction of sp³-hybridized carbons (Fsp3) is 0.455. The molecule has 2 unspecified atom stereocenters. The molecule has 1 heterocycles. The average Bonchev–Trinajstić information content (AvgIpc) is 2.88. The topological polar surface area (TPSA) is 12.5 Å². The van der Waals surface area contributed by atoms with Gasteiger partial charge in [-0.25, -0.2) is 0 Å². The Labute approximate surface area is 82.7 Å². The van der Waals surface area contributed by atoms with Crippen LogP contribution >= 0.6 is 11.6 Å². The Kier molecular flexibility index (Phi) is 1.50. The minimum absolute atomic E-state index is 0.244. The summed E-state index contributed by atoms with van der Waals surface area (Å²) in [5.74, 6) is 0.629. The highest BCUT2D eigenvalue weighted by Crippen LogP contribution is 2.56. The van der Waals surface area contributed by atoms with Gasteiger partial charge in [-0.15, -0.1) is 0 Å². The van der Waals surface area contributed by atoms with E-state index >= 15 is 0 Å². The van der Waals surface area contributed by atoms with Gasteiger partial charge in [0.15, 0.2) is 0 Å². The van der Waals surface area contributed by atoms with Gasteiger partial charge >= 0.3 is 0 Å². The summed E-state index contributed by atoms with van der Waals surface area (Å²) in [7, 11) is 0. The van der Waals surface area contributed by atoms with Gasteiger partial charge in [-0.2, -0.15) is 0 Å². The molecule has 1 aliphatic heterocycles. The summed E-state index contributed by atoms with van der Waals surface area (Å²) in [6, 6.07) is 8.17. The van der Waals surface area contributed by atoms with Crippen LogP contribution in [-0.2, 0) is 4.74 Å². The number of halogens is 1. The van der Waals surface area contributed by atoms with Gasteiger partial charge < -0.3 is 4.74 Å². The van der Waals surface area contributed by atoms with Gasteiger partial charge in [-0.05, 0) is 30.5 Å². The van der Waals surface area contributed by atoms with Crippen LogP contribution in [0.4, 0.5) is 0 Å². The van der Waals surface area contributed by atoms with E-state index in [1.54, 1.807) is 0 Å². The van der Waals surface area contributed by atoms with Crippen molar-refractivity contribution in [1.29, 1.82) is 0 Å². The average molecular weight is 195 g/mol. The summed E-state index contributed by atoms with van der Waals surface area (Å²) in [4.78, 5) is 0. The predicted molar refractivity (Wildman–Crippen MR) is 52.1 cm³/mol. The van der Waals surface area contributed by atoms with Crippen molar-refractivity contribution in [3.63, 3.8) is 0 Å². The Balaban J connectivity index is 1.88. The van der Waals surface area contributed by atoms with Gasteiger partial charge in [0.25, 0.3) is 0 Å². The Morgan fingerprint density at radius 1 is 1.31 bits per heavy atom. The van der Waals surface area contributed by atoms with Crippen LogP contribution in [0.15, 0.2) is 24.3 Å². The predicted octanol–water partition coefficient (Wildman–Crippen LogP) is 2.99. The van der Waals surface area contributed by atoms with Crippen molar-refractivity contribution < 1.29 is 4.74 Å². The second-order valence-electron chi connectivity index (χ2n) is 4.00. The second-order valence-corrected chi connectivity index (χ2v) is 4.43. The van der Waals surface area contributed by atoms with Crippen LogP contribution in [0.2, 0.25) is 5.02 Å². The third-order valence-corrected chi connectivity index (χ3v) is 3.53. The summed E-state index contributed by atoms with van der Waals surface area (Å²) < 4.78 is 5.50. The van der Waals surface area contributed by atoms with Gasteiger partial charge in [-0.1, -0.05) is 23.7 Å². The van der Waals surface area contributed by atoms with E-state index in [1.807, 2.05) is 12.1 Å². The lowest BCUT2D eigenvalue weighted by molar-refractivity contribution is 0.162. The van der Waals surface area contributed by atoms with Crippen LogP contribution in [0.25, 0.3) is 0 Å². The van der Waals surface area contributed by atoms with E-state index in [0.717, 1.165) is 11.6 Å². The number of hydrogen-bond acceptors (Lipinski definition) is 1. The Bertz CT molecular complexity index is 326. The molecule has 0 N–H and O–H groups in total. The zero-order chi connectivity index (χ0) is 8.89. The molecule has 0 amide bonds. The number of ether oxygens (including phenoxy) is 1. The Hall–Kier alpha value is -0.530. The van der Waals surface area contributed by atoms with Crippen LogP contribution in [0, 0.1) is 0 Å². The number of hydrogen-bond donors (Lipinski definition) is 0. The molecule has 0 aromatic heterocycles. The van der Waals surface area contributed by atoms with Gasteiger partial charge in [-0.3, -0.25) is 0 Å². The summed E-state index contributed by atoms with van der Waals surface area (Å²) in [6.07, 6.45) is 2.50. The van der Waals surface area contributed by atoms with E-state index in [1.165, 1.54) is 18.4 Å². The molecule has 3 rings (SSSR count). The van der Waals surface area contributed by atoms with E-state index in [2.05, 4.69) is 12.1 Å². The molecule has 1 aromatic carbocycles. The van der Waals surface area contributed by atoms with E-state index in [4.69, 9.17) is 16.3 Å². The van der Waals surface area contributed by atoms with Gasteiger partial charge in [0, 0.05) is 10.9 Å². The molecule has 0 bridgehead atoms. The molecular formula is C11H11ClO. The van der Waals surface area contributed by atoms with E-state index in [0.29, 0.717) is 5.92 Å². The minimum Gasteiger partial charge on any atom is -0.369 e. The number of benzene rings is 1. The molecule has 1 saturated heterocycles. The molecule has 1 spiro atoms. The van der Waals surface area contributed by atoms with E-state index < -0.39 is 0 Å². The molecule has 68 valence electrons. The molecule has 2 atom stereocenters. The maximum Gasteiger partial charge on any atom is 0.0984 e. The fourth-order valence-corrected chi connectivity index (χ4v) is 2.34. The molecule has 2 fully saturated rings. The first-order chi connectivity index (χ1) is 6.30. The van der Waals surface area contributed by atoms with Gasteiger partial charge in [0.05, 0.1) is 12.2 Å². The van der Waals surface area contributed by atoms with E-state index in [9.17, 15) is 0 Å². The fourth-order valence-electron chi connectivity index (χ4n) is 2.21. The van der Waals surface area contributed by atoms with Crippen molar-refractivity contribution in [2.75, 3.05) is 6.61 Å². The zero-order valence-corrected chi connectivity index (χ0v) is 8.05. The Morgan fingerprint density at radius 2 is 2.00 bits per heavy atom. The first kappa shape index (κ1) is 7.84. The summed E-state index contributed by atoms with van der Waals surface area (Å²) in [6.45, 7) is 0.959. The van der Waals surface area contributed by atoms with Crippen LogP contribution in [0.1, 0.15) is 24.3 Å². The van der Waals surface area contributed by atoms with Crippen LogP contribution < -0.4 is 0 Å². The minimum atomic E-state index is 0.244. The monoisotopic (exact) mass is 194 g/mol. The SMILES string of the molecule is Clc1ccc(C2CCC23CO3)cc1. The Morgan fingerprint density at radius 3 is 2.46 bits per heavy atom. The van der Waals surface area contributed by atoms with Crippen molar-refractivity contribution in [3.8, 4) is 0 Å². The summed E-state index contributed by atoms with van der Waals surface area (Å²) in [5.41, 5.74) is 1.63. The van der Waals surface area contributed by atoms with Gasteiger partial charge in [0.2, 0.25) is 0 Å². The summed E-state index contributed by atoms with van der Waals surface area (Å²) in [5, 5.41) is 0.814. The molecule has 1 aliphatic carbocycles. The van der Waals surface area contributed by atoms with Crippen LogP contribution in [0.5, 0.6) is 0 Å².